The monoisotopic (exact) mass is 770 g/mol. The Bertz CT molecular complexity index is 2210. The highest BCUT2D eigenvalue weighted by Gasteiger charge is 2.45. The molecule has 0 unspecified atom stereocenters. The van der Waals surface area contributed by atoms with E-state index in [0.29, 0.717) is 58.5 Å². The number of hydrogen-bond acceptors (Lipinski definition) is 12. The van der Waals surface area contributed by atoms with E-state index >= 15 is 0 Å². The zero-order valence-electron chi connectivity index (χ0n) is 30.4. The van der Waals surface area contributed by atoms with Crippen LogP contribution in [0.3, 0.4) is 0 Å². The first-order valence-electron chi connectivity index (χ1n) is 18.4. The summed E-state index contributed by atoms with van der Waals surface area (Å²) in [4.78, 5) is 34.1. The zero-order chi connectivity index (χ0) is 37.8. The lowest BCUT2D eigenvalue weighted by molar-refractivity contribution is -0.169. The van der Waals surface area contributed by atoms with Crippen molar-refractivity contribution < 1.29 is 29.3 Å². The van der Waals surface area contributed by atoms with Crippen LogP contribution < -0.4 is 11.1 Å². The van der Waals surface area contributed by atoms with E-state index in [1.807, 2.05) is 60.1 Å². The predicted molar refractivity (Wildman–Crippen MR) is 211 cm³/mol. The Morgan fingerprint density at radius 1 is 1.07 bits per heavy atom. The van der Waals surface area contributed by atoms with Crippen molar-refractivity contribution in [2.24, 2.45) is 0 Å². The number of phenols is 1. The molecule has 11 nitrogen and oxygen atoms in total. The van der Waals surface area contributed by atoms with Crippen molar-refractivity contribution in [2.75, 3.05) is 26.7 Å². The number of phenolic OH excluding ortho intramolecular Hbond substituents is 1. The number of oxazole rings is 1. The van der Waals surface area contributed by atoms with E-state index in [4.69, 9.17) is 9.15 Å². The number of aliphatic hydroxyl groups is 2. The summed E-state index contributed by atoms with van der Waals surface area (Å²) in [7, 11) is 2.10. The van der Waals surface area contributed by atoms with Gasteiger partial charge in [-0.05, 0) is 124 Å². The molecule has 0 saturated heterocycles. The fourth-order valence-corrected chi connectivity index (χ4v) is 9.18. The van der Waals surface area contributed by atoms with Gasteiger partial charge in [0.05, 0.1) is 21.4 Å². The van der Waals surface area contributed by atoms with Crippen molar-refractivity contribution in [1.82, 2.24) is 19.8 Å². The third-order valence-electron chi connectivity index (χ3n) is 10.5. The van der Waals surface area contributed by atoms with Crippen LogP contribution in [0.25, 0.3) is 22.0 Å². The maximum atomic E-state index is 13.4. The number of nitrogens with one attached hydrogen (secondary N) is 1. The smallest absolute Gasteiger partial charge is 0.419 e. The number of benzene rings is 2. The van der Waals surface area contributed by atoms with Crippen molar-refractivity contribution in [3.8, 4) is 5.75 Å². The molecule has 0 radical (unpaired) electrons. The summed E-state index contributed by atoms with van der Waals surface area (Å²) in [6.45, 7) is 4.15. The lowest BCUT2D eigenvalue weighted by Crippen LogP contribution is -2.42. The first kappa shape index (κ1) is 37.9. The number of carbonyl (C=O) groups is 1. The number of rotatable bonds is 15. The van der Waals surface area contributed by atoms with E-state index < -0.39 is 17.7 Å². The van der Waals surface area contributed by atoms with Crippen LogP contribution in [0.15, 0.2) is 86.7 Å². The first-order valence-corrected chi connectivity index (χ1v) is 20.2. The van der Waals surface area contributed by atoms with Crippen molar-refractivity contribution >= 4 is 50.6 Å². The molecule has 0 amide bonds. The van der Waals surface area contributed by atoms with E-state index in [0.717, 1.165) is 60.8 Å². The average Bonchev–Trinajstić information content (AvgIpc) is 3.97. The molecule has 0 bridgehead atoms. The minimum atomic E-state index is -1.79. The number of aromatic hydroxyl groups is 1. The number of thiophene rings is 2. The quantitative estimate of drug-likeness (QED) is 0.0697. The number of aryl methyl sites for hydroxylation is 2. The van der Waals surface area contributed by atoms with Crippen LogP contribution in [0.1, 0.15) is 64.8 Å². The number of nitrogens with zero attached hydrogens (tertiary/aromatic N) is 3. The second-order valence-electron chi connectivity index (χ2n) is 14.1. The largest absolute Gasteiger partial charge is 0.506 e. The average molecular weight is 771 g/mol. The number of carbonyl (C=O) groups excluding carboxylic acids is 1. The van der Waals surface area contributed by atoms with Gasteiger partial charge in [-0.3, -0.25) is 4.57 Å². The topological polar surface area (TPSA) is 150 Å². The van der Waals surface area contributed by atoms with Gasteiger partial charge in [-0.1, -0.05) is 30.3 Å². The molecular formula is C41H46N4O7S2. The molecule has 1 aliphatic rings. The molecule has 4 heterocycles. The molecular weight excluding hydrogens is 725 g/mol. The summed E-state index contributed by atoms with van der Waals surface area (Å²) in [6.07, 6.45) is 3.64. The molecule has 1 fully saturated rings. The summed E-state index contributed by atoms with van der Waals surface area (Å²) in [5, 5.41) is 40.4. The van der Waals surface area contributed by atoms with Gasteiger partial charge >= 0.3 is 11.7 Å². The van der Waals surface area contributed by atoms with Crippen molar-refractivity contribution in [1.29, 1.82) is 0 Å². The molecule has 1 atom stereocenters. The molecule has 0 spiro atoms. The number of aliphatic hydroxyl groups excluding tert-OH is 1. The van der Waals surface area contributed by atoms with Gasteiger partial charge in [0.15, 0.2) is 5.58 Å². The highest BCUT2D eigenvalue weighted by molar-refractivity contribution is 7.12. The van der Waals surface area contributed by atoms with Crippen LogP contribution in [0, 0.1) is 6.92 Å². The van der Waals surface area contributed by atoms with Gasteiger partial charge in [0.2, 0.25) is 5.60 Å². The Labute approximate surface area is 321 Å². The van der Waals surface area contributed by atoms with Crippen molar-refractivity contribution in [3.05, 3.63) is 115 Å². The number of fused-ring (bicyclic) bond motifs is 2. The lowest BCUT2D eigenvalue weighted by Gasteiger charge is -2.35. The summed E-state index contributed by atoms with van der Waals surface area (Å²) in [6, 6.07) is 20.4. The van der Waals surface area contributed by atoms with Gasteiger partial charge in [0.1, 0.15) is 17.4 Å². The Hall–Kier alpha value is -4.37. The standard InChI is InChI=1S/C41H46N4O7S2/c1-26-8-14-31-30(15-17-33(46)38(31)43-26)34(47)25-42-19-18-27-9-16-32-35(24-27)52-40(49)45(32)21-5-20-44(2)28-10-12-29(13-11-28)51-39(48)41(50,36-6-3-22-53-36)37-7-4-23-54-37/h3-4,6-9,14-17,22-24,28-29,34,42,46-47,50H,5,10-13,18-21,25H2,1-2H3/t28?,29?,34-/m0/s1. The van der Waals surface area contributed by atoms with Gasteiger partial charge in [0.25, 0.3) is 0 Å². The minimum Gasteiger partial charge on any atom is -0.506 e. The summed E-state index contributed by atoms with van der Waals surface area (Å²) >= 11 is 2.68. The summed E-state index contributed by atoms with van der Waals surface area (Å²) < 4.78 is 13.3. The number of ether oxygens (including phenoxy) is 1. The highest BCUT2D eigenvalue weighted by atomic mass is 32.1. The van der Waals surface area contributed by atoms with E-state index in [-0.39, 0.29) is 17.6 Å². The molecule has 284 valence electrons. The Morgan fingerprint density at radius 2 is 1.81 bits per heavy atom. The van der Waals surface area contributed by atoms with E-state index in [2.05, 4.69) is 22.2 Å². The molecule has 0 aliphatic heterocycles. The fourth-order valence-electron chi connectivity index (χ4n) is 7.47. The second kappa shape index (κ2) is 16.6. The van der Waals surface area contributed by atoms with Gasteiger partial charge in [-0.25, -0.2) is 14.6 Å². The van der Waals surface area contributed by atoms with Gasteiger partial charge < -0.3 is 34.7 Å². The molecule has 2 aromatic carbocycles. The number of aromatic nitrogens is 2. The minimum absolute atomic E-state index is 0.0909. The summed E-state index contributed by atoms with van der Waals surface area (Å²) in [5.74, 6) is -0.896. The zero-order valence-corrected chi connectivity index (χ0v) is 32.1. The maximum Gasteiger partial charge on any atom is 0.419 e. The van der Waals surface area contributed by atoms with Crippen LogP contribution >= 0.6 is 22.7 Å². The molecule has 6 aromatic rings. The molecule has 4 aromatic heterocycles. The summed E-state index contributed by atoms with van der Waals surface area (Å²) in [5.41, 5.74) is 2.53. The fraction of sp³-hybridized carbons (Fsp3) is 0.390. The number of esters is 1. The number of pyridine rings is 1. The van der Waals surface area contributed by atoms with Gasteiger partial charge in [-0.15, -0.1) is 22.7 Å². The highest BCUT2D eigenvalue weighted by Crippen LogP contribution is 2.38. The third-order valence-corrected chi connectivity index (χ3v) is 12.5. The normalized spacial score (nSPS) is 17.1. The first-order chi connectivity index (χ1) is 26.1. The van der Waals surface area contributed by atoms with Crippen LogP contribution in [0.5, 0.6) is 5.75 Å². The van der Waals surface area contributed by atoms with Crippen LogP contribution in [0.2, 0.25) is 0 Å². The Balaban J connectivity index is 0.861. The Kier molecular flexibility index (Phi) is 11.6. The maximum absolute atomic E-state index is 13.4. The van der Waals surface area contributed by atoms with E-state index in [1.165, 1.54) is 22.7 Å². The van der Waals surface area contributed by atoms with Crippen molar-refractivity contribution in [2.45, 2.75) is 75.8 Å². The molecule has 4 N–H and O–H groups in total. The lowest BCUT2D eigenvalue weighted by atomic mass is 9.91. The van der Waals surface area contributed by atoms with Crippen LogP contribution in [0.4, 0.5) is 0 Å². The van der Waals surface area contributed by atoms with Crippen LogP contribution in [-0.4, -0.2) is 74.6 Å². The van der Waals surface area contributed by atoms with Gasteiger partial charge in [0, 0.05) is 30.2 Å². The van der Waals surface area contributed by atoms with E-state index in [9.17, 15) is 24.9 Å². The third kappa shape index (κ3) is 8.02. The van der Waals surface area contributed by atoms with Crippen molar-refractivity contribution in [3.63, 3.8) is 0 Å². The SMILES string of the molecule is Cc1ccc2c([C@@H](O)CNCCc3ccc4c(c3)oc(=O)n4CCCN(C)C3CCC(OC(=O)C(O)(c4cccs4)c4cccs4)CC3)ccc(O)c2n1. The van der Waals surface area contributed by atoms with Gasteiger partial charge in [-0.2, -0.15) is 0 Å². The molecule has 54 heavy (non-hydrogen) atoms. The molecule has 1 saturated carbocycles. The number of hydrogen-bond donors (Lipinski definition) is 4. The molecule has 13 heteroatoms. The van der Waals surface area contributed by atoms with E-state index in [1.54, 1.807) is 28.8 Å². The molecule has 1 aliphatic carbocycles. The van der Waals surface area contributed by atoms with Crippen LogP contribution in [-0.2, 0) is 28.1 Å². The Morgan fingerprint density at radius 3 is 2.52 bits per heavy atom. The molecule has 7 rings (SSSR count). The second-order valence-corrected chi connectivity index (χ2v) is 16.0. The predicted octanol–water partition coefficient (Wildman–Crippen LogP) is 6.26.